The topological polar surface area (TPSA) is 78.7 Å². The van der Waals surface area contributed by atoms with Crippen LogP contribution in [-0.2, 0) is 6.61 Å². The Hall–Kier alpha value is -3.93. The van der Waals surface area contributed by atoms with Gasteiger partial charge < -0.3 is 9.47 Å². The summed E-state index contributed by atoms with van der Waals surface area (Å²) in [6.07, 6.45) is 2.95. The van der Waals surface area contributed by atoms with Crippen molar-refractivity contribution in [2.24, 2.45) is 0 Å². The average Bonchev–Trinajstić information content (AvgIpc) is 2.77. The van der Waals surface area contributed by atoms with Crippen LogP contribution >= 0.6 is 0 Å². The molecule has 0 heterocycles. The van der Waals surface area contributed by atoms with E-state index in [1.807, 2.05) is 37.3 Å². The molecule has 3 aromatic rings. The molecule has 3 aromatic carbocycles. The summed E-state index contributed by atoms with van der Waals surface area (Å²) < 4.78 is 11.2. The summed E-state index contributed by atoms with van der Waals surface area (Å²) >= 11 is 0. The zero-order valence-electron chi connectivity index (χ0n) is 16.7. The Morgan fingerprint density at radius 2 is 1.80 bits per heavy atom. The van der Waals surface area contributed by atoms with E-state index in [0.717, 1.165) is 22.4 Å². The molecule has 0 spiro atoms. The molecule has 0 N–H and O–H groups in total. The molecule has 6 nitrogen and oxygen atoms in total. The van der Waals surface area contributed by atoms with Gasteiger partial charge in [-0.2, -0.15) is 0 Å². The van der Waals surface area contributed by atoms with Crippen molar-refractivity contribution < 1.29 is 19.2 Å². The average molecular weight is 403 g/mol. The van der Waals surface area contributed by atoms with Crippen LogP contribution < -0.4 is 9.47 Å². The fraction of sp³-hybridized carbons (Fsp3) is 0.125. The van der Waals surface area contributed by atoms with Crippen molar-refractivity contribution in [1.29, 1.82) is 0 Å². The van der Waals surface area contributed by atoms with E-state index in [1.165, 1.54) is 24.3 Å². The molecule has 0 aliphatic heterocycles. The van der Waals surface area contributed by atoms with Gasteiger partial charge in [-0.3, -0.25) is 14.9 Å². The molecule has 0 saturated heterocycles. The van der Waals surface area contributed by atoms with Crippen LogP contribution in [0.25, 0.3) is 6.08 Å². The summed E-state index contributed by atoms with van der Waals surface area (Å²) in [5.41, 5.74) is 2.56. The minimum atomic E-state index is -0.561. The van der Waals surface area contributed by atoms with Crippen molar-refractivity contribution in [3.63, 3.8) is 0 Å². The number of hydrogen-bond acceptors (Lipinski definition) is 5. The second kappa shape index (κ2) is 9.52. The number of nitro groups is 1. The van der Waals surface area contributed by atoms with E-state index < -0.39 is 10.7 Å². The number of methoxy groups -OCH3 is 1. The van der Waals surface area contributed by atoms with Crippen LogP contribution in [-0.4, -0.2) is 17.8 Å². The number of carbonyl (C=O) groups excluding carboxylic acids is 1. The van der Waals surface area contributed by atoms with Gasteiger partial charge >= 0.3 is 0 Å². The highest BCUT2D eigenvalue weighted by molar-refractivity contribution is 6.09. The highest BCUT2D eigenvalue weighted by Crippen LogP contribution is 2.24. The van der Waals surface area contributed by atoms with Crippen molar-refractivity contribution >= 4 is 17.5 Å². The predicted molar refractivity (Wildman–Crippen MR) is 115 cm³/mol. The monoisotopic (exact) mass is 403 g/mol. The molecule has 0 bridgehead atoms. The first kappa shape index (κ1) is 20.8. The summed E-state index contributed by atoms with van der Waals surface area (Å²) in [5, 5.41) is 11.1. The number of aryl methyl sites for hydroxylation is 1. The summed E-state index contributed by atoms with van der Waals surface area (Å²) in [5.74, 6) is 0.982. The number of para-hydroxylation sites is 1. The number of rotatable bonds is 8. The van der Waals surface area contributed by atoms with Gasteiger partial charge in [-0.25, -0.2) is 0 Å². The van der Waals surface area contributed by atoms with Gasteiger partial charge in [0.2, 0.25) is 0 Å². The molecule has 0 fully saturated rings. The minimum Gasteiger partial charge on any atom is -0.496 e. The first-order valence-corrected chi connectivity index (χ1v) is 9.30. The maximum Gasteiger partial charge on any atom is 0.280 e. The molecule has 3 rings (SSSR count). The van der Waals surface area contributed by atoms with E-state index in [-0.39, 0.29) is 11.3 Å². The Morgan fingerprint density at radius 1 is 1.07 bits per heavy atom. The van der Waals surface area contributed by atoms with Gasteiger partial charge in [-0.15, -0.1) is 0 Å². The lowest BCUT2D eigenvalue weighted by Crippen LogP contribution is -2.01. The quantitative estimate of drug-likeness (QED) is 0.218. The standard InChI is InChI=1S/C24H21NO5/c1-17-7-11-20(12-8-17)30-16-19-15-18(10-14-24(19)29-2)9-13-23(26)21-5-3-4-6-22(21)25(27)28/h3-15H,16H2,1-2H3/b13-9+. The molecule has 0 aliphatic rings. The molecule has 0 amide bonds. The van der Waals surface area contributed by atoms with E-state index in [9.17, 15) is 14.9 Å². The summed E-state index contributed by atoms with van der Waals surface area (Å²) in [4.78, 5) is 23.0. The van der Waals surface area contributed by atoms with Gasteiger partial charge in [0, 0.05) is 11.6 Å². The van der Waals surface area contributed by atoms with Gasteiger partial charge in [0.15, 0.2) is 5.78 Å². The number of nitrogens with zero attached hydrogens (tertiary/aromatic N) is 1. The summed E-state index contributed by atoms with van der Waals surface area (Å²) in [7, 11) is 1.58. The van der Waals surface area contributed by atoms with Crippen molar-refractivity contribution in [2.75, 3.05) is 7.11 Å². The Labute approximate surface area is 174 Å². The maximum absolute atomic E-state index is 12.4. The smallest absolute Gasteiger partial charge is 0.280 e. The SMILES string of the molecule is COc1ccc(/C=C/C(=O)c2ccccc2[N+](=O)[O-])cc1COc1ccc(C)cc1. The lowest BCUT2D eigenvalue weighted by atomic mass is 10.1. The zero-order chi connectivity index (χ0) is 21.5. The van der Waals surface area contributed by atoms with Gasteiger partial charge in [0.05, 0.1) is 17.6 Å². The van der Waals surface area contributed by atoms with Crippen LogP contribution in [0.3, 0.4) is 0 Å². The van der Waals surface area contributed by atoms with Gasteiger partial charge in [-0.05, 0) is 48.9 Å². The van der Waals surface area contributed by atoms with E-state index >= 15 is 0 Å². The van der Waals surface area contributed by atoms with Gasteiger partial charge in [0.1, 0.15) is 18.1 Å². The number of ether oxygens (including phenoxy) is 2. The molecule has 0 atom stereocenters. The summed E-state index contributed by atoms with van der Waals surface area (Å²) in [6, 6.07) is 19.1. The minimum absolute atomic E-state index is 0.0511. The number of hydrogen-bond donors (Lipinski definition) is 0. The Morgan fingerprint density at radius 3 is 2.50 bits per heavy atom. The lowest BCUT2D eigenvalue weighted by Gasteiger charge is -2.11. The maximum atomic E-state index is 12.4. The van der Waals surface area contributed by atoms with E-state index in [4.69, 9.17) is 9.47 Å². The molecule has 152 valence electrons. The van der Waals surface area contributed by atoms with E-state index in [0.29, 0.717) is 12.4 Å². The number of ketones is 1. The third-order valence-corrected chi connectivity index (χ3v) is 4.51. The summed E-state index contributed by atoms with van der Waals surface area (Å²) in [6.45, 7) is 2.31. The molecule has 0 radical (unpaired) electrons. The fourth-order valence-corrected chi connectivity index (χ4v) is 2.91. The Bertz CT molecular complexity index is 1090. The first-order valence-electron chi connectivity index (χ1n) is 9.30. The first-order chi connectivity index (χ1) is 14.5. The van der Waals surface area contributed by atoms with Crippen LogP contribution in [0.2, 0.25) is 0 Å². The zero-order valence-corrected chi connectivity index (χ0v) is 16.7. The lowest BCUT2D eigenvalue weighted by molar-refractivity contribution is -0.385. The van der Waals surface area contributed by atoms with Crippen molar-refractivity contribution in [2.45, 2.75) is 13.5 Å². The van der Waals surface area contributed by atoms with Crippen molar-refractivity contribution in [1.82, 2.24) is 0 Å². The van der Waals surface area contributed by atoms with E-state index in [2.05, 4.69) is 0 Å². The molecule has 0 saturated carbocycles. The fourth-order valence-electron chi connectivity index (χ4n) is 2.91. The number of allylic oxidation sites excluding steroid dienone is 1. The van der Waals surface area contributed by atoms with Crippen LogP contribution in [0.5, 0.6) is 11.5 Å². The number of carbonyl (C=O) groups is 1. The molecular weight excluding hydrogens is 382 g/mol. The predicted octanol–water partition coefficient (Wildman–Crippen LogP) is 5.39. The number of nitro benzene ring substituents is 1. The third kappa shape index (κ3) is 5.11. The highest BCUT2D eigenvalue weighted by Gasteiger charge is 2.17. The van der Waals surface area contributed by atoms with Crippen LogP contribution in [0.4, 0.5) is 5.69 Å². The molecule has 0 unspecified atom stereocenters. The molecule has 30 heavy (non-hydrogen) atoms. The molecule has 6 heteroatoms. The van der Waals surface area contributed by atoms with Crippen LogP contribution in [0.1, 0.15) is 27.0 Å². The Balaban J connectivity index is 1.78. The van der Waals surface area contributed by atoms with E-state index in [1.54, 1.807) is 31.4 Å². The van der Waals surface area contributed by atoms with Crippen LogP contribution in [0, 0.1) is 17.0 Å². The largest absolute Gasteiger partial charge is 0.496 e. The third-order valence-electron chi connectivity index (χ3n) is 4.51. The number of benzene rings is 3. The van der Waals surface area contributed by atoms with Gasteiger partial charge in [-0.1, -0.05) is 42.0 Å². The second-order valence-electron chi connectivity index (χ2n) is 6.64. The normalized spacial score (nSPS) is 10.7. The van der Waals surface area contributed by atoms with Crippen molar-refractivity contribution in [3.05, 3.63) is 105 Å². The highest BCUT2D eigenvalue weighted by atomic mass is 16.6. The van der Waals surface area contributed by atoms with Crippen LogP contribution in [0.15, 0.2) is 72.8 Å². The van der Waals surface area contributed by atoms with Crippen molar-refractivity contribution in [3.8, 4) is 11.5 Å². The molecule has 0 aliphatic carbocycles. The Kier molecular flexibility index (Phi) is 6.60. The molecular formula is C24H21NO5. The van der Waals surface area contributed by atoms with Gasteiger partial charge in [0.25, 0.3) is 5.69 Å². The molecule has 0 aromatic heterocycles. The second-order valence-corrected chi connectivity index (χ2v) is 6.64.